The van der Waals surface area contributed by atoms with Crippen LogP contribution < -0.4 is 5.43 Å². The first-order valence-corrected chi connectivity index (χ1v) is 10.1. The summed E-state index contributed by atoms with van der Waals surface area (Å²) in [5.74, 6) is -1.09. The highest BCUT2D eigenvalue weighted by Gasteiger charge is 2.18. The quantitative estimate of drug-likeness (QED) is 0.251. The molecular formula is C21H13ClN4O4S. The van der Waals surface area contributed by atoms with Gasteiger partial charge in [0.15, 0.2) is 0 Å². The summed E-state index contributed by atoms with van der Waals surface area (Å²) in [7, 11) is 0. The number of nitro benzene ring substituents is 1. The van der Waals surface area contributed by atoms with Crippen molar-refractivity contribution in [1.82, 2.24) is 10.4 Å². The molecule has 0 aliphatic rings. The van der Waals surface area contributed by atoms with Crippen LogP contribution in [0, 0.1) is 10.1 Å². The van der Waals surface area contributed by atoms with Crippen LogP contribution in [0.3, 0.4) is 0 Å². The summed E-state index contributed by atoms with van der Waals surface area (Å²) >= 11 is 7.37. The number of thiophene rings is 1. The zero-order chi connectivity index (χ0) is 22.0. The number of carbonyl (C=O) groups excluding carboxylic acids is 1. The number of phenolic OH excluding ortho intramolecular Hbond substituents is 1. The molecule has 4 rings (SSSR count). The Kier molecular flexibility index (Phi) is 5.61. The number of para-hydroxylation sites is 1. The zero-order valence-electron chi connectivity index (χ0n) is 15.7. The molecule has 0 saturated heterocycles. The second-order valence-corrected chi connectivity index (χ2v) is 7.75. The second kappa shape index (κ2) is 8.50. The number of aromatic nitrogens is 1. The van der Waals surface area contributed by atoms with Gasteiger partial charge in [-0.3, -0.25) is 14.9 Å². The lowest BCUT2D eigenvalue weighted by Gasteiger charge is -2.08. The second-order valence-electron chi connectivity index (χ2n) is 6.37. The molecule has 0 aliphatic heterocycles. The summed E-state index contributed by atoms with van der Waals surface area (Å²) in [5, 5.41) is 27.5. The SMILES string of the molecule is O=C(N/N=C/c1cc(Cl)cc([N+](=O)[O-])c1O)c1cc(-c2cccs2)nc2ccccc12. The highest BCUT2D eigenvalue weighted by atomic mass is 35.5. The Morgan fingerprint density at radius 1 is 1.23 bits per heavy atom. The largest absolute Gasteiger partial charge is 0.502 e. The summed E-state index contributed by atoms with van der Waals surface area (Å²) in [4.78, 5) is 28.6. The lowest BCUT2D eigenvalue weighted by Crippen LogP contribution is -2.18. The fourth-order valence-corrected chi connectivity index (χ4v) is 3.88. The number of nitro groups is 1. The van der Waals surface area contributed by atoms with E-state index in [2.05, 4.69) is 15.5 Å². The molecule has 8 nitrogen and oxygen atoms in total. The standard InChI is InChI=1S/C21H13ClN4O4S/c22-13-8-12(20(27)18(9-13)26(29)30)11-23-25-21(28)15-10-17(19-6-3-7-31-19)24-16-5-2-1-4-14(15)16/h1-11,27H,(H,25,28)/b23-11+. The molecule has 154 valence electrons. The summed E-state index contributed by atoms with van der Waals surface area (Å²) in [6, 6.07) is 15.1. The van der Waals surface area contributed by atoms with Crippen molar-refractivity contribution in [3.8, 4) is 16.3 Å². The van der Waals surface area contributed by atoms with Crippen LogP contribution >= 0.6 is 22.9 Å². The number of hydrazone groups is 1. The highest BCUT2D eigenvalue weighted by molar-refractivity contribution is 7.13. The molecule has 0 unspecified atom stereocenters. The number of hydrogen-bond acceptors (Lipinski definition) is 7. The van der Waals surface area contributed by atoms with Gasteiger partial charge in [-0.05, 0) is 29.6 Å². The highest BCUT2D eigenvalue weighted by Crippen LogP contribution is 2.32. The summed E-state index contributed by atoms with van der Waals surface area (Å²) < 4.78 is 0. The minimum Gasteiger partial charge on any atom is -0.502 e. The number of aromatic hydroxyl groups is 1. The van der Waals surface area contributed by atoms with Crippen LogP contribution in [0.1, 0.15) is 15.9 Å². The fraction of sp³-hybridized carbons (Fsp3) is 0. The van der Waals surface area contributed by atoms with Crippen LogP contribution in [-0.2, 0) is 0 Å². The fourth-order valence-electron chi connectivity index (χ4n) is 2.98. The van der Waals surface area contributed by atoms with E-state index < -0.39 is 22.3 Å². The minimum absolute atomic E-state index is 0.00152. The molecule has 2 aromatic heterocycles. The molecule has 0 radical (unpaired) electrons. The Bertz CT molecular complexity index is 1340. The van der Waals surface area contributed by atoms with Gasteiger partial charge < -0.3 is 5.11 Å². The van der Waals surface area contributed by atoms with Crippen molar-refractivity contribution in [2.45, 2.75) is 0 Å². The minimum atomic E-state index is -0.758. The van der Waals surface area contributed by atoms with Gasteiger partial charge in [0.25, 0.3) is 5.91 Å². The number of amides is 1. The van der Waals surface area contributed by atoms with Gasteiger partial charge in [0.1, 0.15) is 0 Å². The van der Waals surface area contributed by atoms with Crippen molar-refractivity contribution in [2.24, 2.45) is 5.10 Å². The van der Waals surface area contributed by atoms with Gasteiger partial charge in [-0.15, -0.1) is 11.3 Å². The number of nitrogens with zero attached hydrogens (tertiary/aromatic N) is 3. The summed E-state index contributed by atoms with van der Waals surface area (Å²) in [6.45, 7) is 0. The molecule has 0 saturated carbocycles. The van der Waals surface area contributed by atoms with Gasteiger partial charge in [0.05, 0.1) is 32.8 Å². The van der Waals surface area contributed by atoms with Crippen LogP contribution in [0.25, 0.3) is 21.5 Å². The van der Waals surface area contributed by atoms with Gasteiger partial charge in [0.2, 0.25) is 5.75 Å². The van der Waals surface area contributed by atoms with E-state index in [-0.39, 0.29) is 10.6 Å². The summed E-state index contributed by atoms with van der Waals surface area (Å²) in [6.07, 6.45) is 1.09. The molecule has 2 aromatic carbocycles. The Morgan fingerprint density at radius 3 is 2.77 bits per heavy atom. The number of pyridine rings is 1. The molecule has 1 amide bonds. The number of hydrogen-bond donors (Lipinski definition) is 2. The number of nitrogens with one attached hydrogen (secondary N) is 1. The molecule has 2 heterocycles. The maximum Gasteiger partial charge on any atom is 0.312 e. The number of carbonyl (C=O) groups is 1. The number of halogens is 1. The van der Waals surface area contributed by atoms with Crippen LogP contribution in [0.15, 0.2) is 65.1 Å². The van der Waals surface area contributed by atoms with E-state index in [4.69, 9.17) is 11.6 Å². The van der Waals surface area contributed by atoms with Crippen LogP contribution in [0.4, 0.5) is 5.69 Å². The predicted octanol–water partition coefficient (Wildman–Crippen LogP) is 4.99. The van der Waals surface area contributed by atoms with Crippen molar-refractivity contribution in [1.29, 1.82) is 0 Å². The van der Waals surface area contributed by atoms with Crippen molar-refractivity contribution in [3.05, 3.63) is 86.2 Å². The molecule has 0 bridgehead atoms. The van der Waals surface area contributed by atoms with Gasteiger partial charge >= 0.3 is 5.69 Å². The van der Waals surface area contributed by atoms with E-state index in [1.807, 2.05) is 29.6 Å². The normalized spacial score (nSPS) is 11.1. The molecule has 4 aromatic rings. The van der Waals surface area contributed by atoms with E-state index in [0.717, 1.165) is 17.2 Å². The third-order valence-corrected chi connectivity index (χ3v) is 5.50. The third kappa shape index (κ3) is 4.23. The monoisotopic (exact) mass is 452 g/mol. The predicted molar refractivity (Wildman–Crippen MR) is 120 cm³/mol. The van der Waals surface area contributed by atoms with E-state index >= 15 is 0 Å². The topological polar surface area (TPSA) is 118 Å². The third-order valence-electron chi connectivity index (χ3n) is 4.38. The molecule has 0 spiro atoms. The van der Waals surface area contributed by atoms with Crippen molar-refractivity contribution in [2.75, 3.05) is 0 Å². The van der Waals surface area contributed by atoms with E-state index in [9.17, 15) is 20.0 Å². The van der Waals surface area contributed by atoms with E-state index in [1.165, 1.54) is 17.4 Å². The Labute approximate surface area is 184 Å². The van der Waals surface area contributed by atoms with Crippen LogP contribution in [-0.4, -0.2) is 27.1 Å². The van der Waals surface area contributed by atoms with Crippen molar-refractivity contribution < 1.29 is 14.8 Å². The van der Waals surface area contributed by atoms with Gasteiger partial charge in [0, 0.05) is 22.0 Å². The van der Waals surface area contributed by atoms with Gasteiger partial charge in [-0.25, -0.2) is 10.4 Å². The molecule has 10 heteroatoms. The first kappa shape index (κ1) is 20.5. The van der Waals surface area contributed by atoms with E-state index in [0.29, 0.717) is 22.2 Å². The lowest BCUT2D eigenvalue weighted by atomic mass is 10.1. The smallest absolute Gasteiger partial charge is 0.312 e. The molecule has 0 aliphatic carbocycles. The maximum absolute atomic E-state index is 12.9. The number of phenols is 1. The lowest BCUT2D eigenvalue weighted by molar-refractivity contribution is -0.385. The van der Waals surface area contributed by atoms with Crippen molar-refractivity contribution >= 4 is 51.6 Å². The molecule has 0 atom stereocenters. The first-order chi connectivity index (χ1) is 14.9. The summed E-state index contributed by atoms with van der Waals surface area (Å²) in [5.41, 5.74) is 3.52. The molecule has 31 heavy (non-hydrogen) atoms. The average Bonchev–Trinajstić information content (AvgIpc) is 3.29. The van der Waals surface area contributed by atoms with Crippen LogP contribution in [0.2, 0.25) is 5.02 Å². The van der Waals surface area contributed by atoms with Gasteiger partial charge in [-0.2, -0.15) is 5.10 Å². The number of rotatable bonds is 5. The number of fused-ring (bicyclic) bond motifs is 1. The number of benzene rings is 2. The molecular weight excluding hydrogens is 440 g/mol. The first-order valence-electron chi connectivity index (χ1n) is 8.88. The van der Waals surface area contributed by atoms with E-state index in [1.54, 1.807) is 18.2 Å². The van der Waals surface area contributed by atoms with Crippen molar-refractivity contribution in [3.63, 3.8) is 0 Å². The van der Waals surface area contributed by atoms with Crippen LogP contribution in [0.5, 0.6) is 5.75 Å². The average molecular weight is 453 g/mol. The molecule has 2 N–H and O–H groups in total. The Balaban J connectivity index is 1.66. The maximum atomic E-state index is 12.9. The zero-order valence-corrected chi connectivity index (χ0v) is 17.2. The molecule has 0 fully saturated rings. The Morgan fingerprint density at radius 2 is 2.03 bits per heavy atom. The Hall–Kier alpha value is -3.82. The van der Waals surface area contributed by atoms with Gasteiger partial charge in [-0.1, -0.05) is 35.9 Å².